The summed E-state index contributed by atoms with van der Waals surface area (Å²) in [7, 11) is 0. The van der Waals surface area contributed by atoms with Gasteiger partial charge in [-0.1, -0.05) is 87.9 Å². The van der Waals surface area contributed by atoms with Crippen molar-refractivity contribution in [2.75, 3.05) is 0 Å². The summed E-state index contributed by atoms with van der Waals surface area (Å²) >= 11 is 0. The molecule has 2 nitrogen and oxygen atoms in total. The van der Waals surface area contributed by atoms with Gasteiger partial charge in [-0.15, -0.1) is 0 Å². The summed E-state index contributed by atoms with van der Waals surface area (Å²) in [5.41, 5.74) is -1.08. The van der Waals surface area contributed by atoms with Crippen LogP contribution < -0.4 is 0 Å². The second-order valence-electron chi connectivity index (χ2n) is 8.10. The highest BCUT2D eigenvalue weighted by molar-refractivity contribution is 5.40. The number of hydrogen-bond donors (Lipinski definition) is 2. The Bertz CT molecular complexity index is 640. The summed E-state index contributed by atoms with van der Waals surface area (Å²) in [5.74, 6) is 0.740. The summed E-state index contributed by atoms with van der Waals surface area (Å²) in [6.45, 7) is 6.49. The third kappa shape index (κ3) is 3.02. The molecule has 0 radical (unpaired) electrons. The van der Waals surface area contributed by atoms with Gasteiger partial charge in [-0.3, -0.25) is 0 Å². The Kier molecular flexibility index (Phi) is 5.04. The zero-order valence-electron chi connectivity index (χ0n) is 15.5. The third-order valence-electron chi connectivity index (χ3n) is 6.06. The van der Waals surface area contributed by atoms with Crippen molar-refractivity contribution >= 4 is 0 Å². The molecule has 1 fully saturated rings. The Hall–Kier alpha value is -1.64. The van der Waals surface area contributed by atoms with Crippen LogP contribution in [0.1, 0.15) is 51.2 Å². The smallest absolute Gasteiger partial charge is 0.143 e. The molecule has 25 heavy (non-hydrogen) atoms. The lowest BCUT2D eigenvalue weighted by Gasteiger charge is -2.53. The minimum atomic E-state index is -1.42. The predicted octanol–water partition coefficient (Wildman–Crippen LogP) is 4.75. The Labute approximate surface area is 151 Å². The van der Waals surface area contributed by atoms with E-state index in [0.29, 0.717) is 18.3 Å². The van der Waals surface area contributed by atoms with E-state index >= 15 is 0 Å². The molecule has 3 rings (SSSR count). The van der Waals surface area contributed by atoms with Crippen molar-refractivity contribution in [3.63, 3.8) is 0 Å². The summed E-state index contributed by atoms with van der Waals surface area (Å²) in [6.07, 6.45) is 2.65. The highest BCUT2D eigenvalue weighted by Gasteiger charge is 2.58. The summed E-state index contributed by atoms with van der Waals surface area (Å²) in [4.78, 5) is 0. The van der Waals surface area contributed by atoms with E-state index in [0.717, 1.165) is 24.0 Å². The van der Waals surface area contributed by atoms with Gasteiger partial charge in [0.25, 0.3) is 0 Å². The maximum absolute atomic E-state index is 12.1. The molecule has 2 heteroatoms. The van der Waals surface area contributed by atoms with Gasteiger partial charge in [0, 0.05) is 0 Å². The van der Waals surface area contributed by atoms with Gasteiger partial charge in [-0.2, -0.15) is 0 Å². The van der Waals surface area contributed by atoms with E-state index in [1.54, 1.807) is 0 Å². The van der Waals surface area contributed by atoms with Gasteiger partial charge < -0.3 is 10.2 Å². The monoisotopic (exact) mass is 338 g/mol. The average Bonchev–Trinajstić information content (AvgIpc) is 2.62. The van der Waals surface area contributed by atoms with Gasteiger partial charge in [-0.25, -0.2) is 0 Å². The molecule has 0 bridgehead atoms. The van der Waals surface area contributed by atoms with Crippen LogP contribution in [0.5, 0.6) is 0 Å². The fourth-order valence-electron chi connectivity index (χ4n) is 4.81. The Morgan fingerprint density at radius 1 is 0.920 bits per heavy atom. The largest absolute Gasteiger partial charge is 0.386 e. The molecule has 1 saturated carbocycles. The molecular formula is C23H30O2. The van der Waals surface area contributed by atoms with Gasteiger partial charge in [0.2, 0.25) is 0 Å². The first kappa shape index (κ1) is 18.2. The molecule has 2 N–H and O–H groups in total. The molecule has 2 aromatic carbocycles. The molecule has 0 spiro atoms. The lowest BCUT2D eigenvalue weighted by atomic mass is 9.57. The second-order valence-corrected chi connectivity index (χ2v) is 8.10. The van der Waals surface area contributed by atoms with Crippen LogP contribution in [-0.4, -0.2) is 15.8 Å². The quantitative estimate of drug-likeness (QED) is 0.845. The van der Waals surface area contributed by atoms with Crippen LogP contribution in [0.15, 0.2) is 60.7 Å². The molecule has 0 amide bonds. The van der Waals surface area contributed by atoms with E-state index in [1.165, 1.54) is 0 Å². The van der Waals surface area contributed by atoms with Crippen molar-refractivity contribution in [2.24, 2.45) is 17.8 Å². The molecule has 134 valence electrons. The van der Waals surface area contributed by atoms with Crippen LogP contribution >= 0.6 is 0 Å². The average molecular weight is 338 g/mol. The van der Waals surface area contributed by atoms with Crippen LogP contribution in [0.25, 0.3) is 0 Å². The minimum Gasteiger partial charge on any atom is -0.386 e. The highest BCUT2D eigenvalue weighted by atomic mass is 16.4. The maximum atomic E-state index is 12.1. The molecule has 3 atom stereocenters. The van der Waals surface area contributed by atoms with E-state index in [2.05, 4.69) is 20.8 Å². The van der Waals surface area contributed by atoms with Crippen molar-refractivity contribution < 1.29 is 10.2 Å². The number of aliphatic hydroxyl groups is 2. The van der Waals surface area contributed by atoms with E-state index in [-0.39, 0.29) is 5.92 Å². The van der Waals surface area contributed by atoms with E-state index in [9.17, 15) is 10.2 Å². The summed E-state index contributed by atoms with van der Waals surface area (Å²) < 4.78 is 0. The molecule has 2 aromatic rings. The molecule has 3 unspecified atom stereocenters. The lowest BCUT2D eigenvalue weighted by molar-refractivity contribution is -0.198. The molecular weight excluding hydrogens is 308 g/mol. The van der Waals surface area contributed by atoms with E-state index < -0.39 is 11.2 Å². The Balaban J connectivity index is 2.23. The van der Waals surface area contributed by atoms with Gasteiger partial charge in [0.05, 0.1) is 0 Å². The SMILES string of the molecule is CC1CCC(C(C)C)C(O)(C(O)(c2ccccc2)c2ccccc2)C1. The first-order chi connectivity index (χ1) is 11.9. The summed E-state index contributed by atoms with van der Waals surface area (Å²) in [5, 5.41) is 24.2. The van der Waals surface area contributed by atoms with E-state index in [4.69, 9.17) is 0 Å². The zero-order chi connectivity index (χ0) is 18.1. The fraction of sp³-hybridized carbons (Fsp3) is 0.478. The Morgan fingerprint density at radius 2 is 1.40 bits per heavy atom. The van der Waals surface area contributed by atoms with Gasteiger partial charge >= 0.3 is 0 Å². The number of benzene rings is 2. The standard InChI is InChI=1S/C23H30O2/c1-17(2)21-15-14-18(3)16-22(21,24)23(25,19-10-6-4-7-11-19)20-12-8-5-9-13-20/h4-13,17-18,21,24-25H,14-16H2,1-3H3. The van der Waals surface area contributed by atoms with Crippen molar-refractivity contribution in [1.29, 1.82) is 0 Å². The molecule has 1 aliphatic carbocycles. The van der Waals surface area contributed by atoms with Crippen LogP contribution in [-0.2, 0) is 5.60 Å². The number of hydrogen-bond acceptors (Lipinski definition) is 2. The minimum absolute atomic E-state index is 0.0501. The molecule has 1 aliphatic rings. The topological polar surface area (TPSA) is 40.5 Å². The van der Waals surface area contributed by atoms with Crippen molar-refractivity contribution in [1.82, 2.24) is 0 Å². The first-order valence-electron chi connectivity index (χ1n) is 9.45. The summed E-state index contributed by atoms with van der Waals surface area (Å²) in [6, 6.07) is 19.4. The maximum Gasteiger partial charge on any atom is 0.143 e. The van der Waals surface area contributed by atoms with Crippen LogP contribution in [0.4, 0.5) is 0 Å². The van der Waals surface area contributed by atoms with Crippen molar-refractivity contribution in [2.45, 2.75) is 51.2 Å². The number of rotatable bonds is 4. The fourth-order valence-corrected chi connectivity index (χ4v) is 4.81. The molecule has 0 saturated heterocycles. The van der Waals surface area contributed by atoms with Crippen molar-refractivity contribution in [3.05, 3.63) is 71.8 Å². The lowest BCUT2D eigenvalue weighted by Crippen LogP contribution is -2.60. The normalized spacial score (nSPS) is 27.4. The van der Waals surface area contributed by atoms with Gasteiger partial charge in [0.15, 0.2) is 0 Å². The van der Waals surface area contributed by atoms with Crippen LogP contribution in [0.3, 0.4) is 0 Å². The van der Waals surface area contributed by atoms with Crippen LogP contribution in [0, 0.1) is 17.8 Å². The van der Waals surface area contributed by atoms with Gasteiger partial charge in [-0.05, 0) is 41.7 Å². The molecule has 0 aliphatic heterocycles. The van der Waals surface area contributed by atoms with E-state index in [1.807, 2.05) is 60.7 Å². The van der Waals surface area contributed by atoms with Crippen LogP contribution in [0.2, 0.25) is 0 Å². The second kappa shape index (κ2) is 6.93. The highest BCUT2D eigenvalue weighted by Crippen LogP contribution is 2.53. The first-order valence-corrected chi connectivity index (χ1v) is 9.45. The molecule has 0 aromatic heterocycles. The third-order valence-corrected chi connectivity index (χ3v) is 6.06. The Morgan fingerprint density at radius 3 is 1.84 bits per heavy atom. The zero-order valence-corrected chi connectivity index (χ0v) is 15.5. The predicted molar refractivity (Wildman–Crippen MR) is 102 cm³/mol. The van der Waals surface area contributed by atoms with Gasteiger partial charge in [0.1, 0.15) is 11.2 Å². The van der Waals surface area contributed by atoms with Crippen molar-refractivity contribution in [3.8, 4) is 0 Å². The molecule has 0 heterocycles.